The van der Waals surface area contributed by atoms with E-state index in [-0.39, 0.29) is 18.8 Å². The Morgan fingerprint density at radius 2 is 2.25 bits per heavy atom. The summed E-state index contributed by atoms with van der Waals surface area (Å²) in [5.74, 6) is -2.36. The highest BCUT2D eigenvalue weighted by atomic mass is 19.3. The summed E-state index contributed by atoms with van der Waals surface area (Å²) < 4.78 is 25.6. The lowest BCUT2D eigenvalue weighted by molar-refractivity contribution is -0.0134. The zero-order chi connectivity index (χ0) is 8.77. The number of aryl methyl sites for hydroxylation is 1. The van der Waals surface area contributed by atoms with E-state index in [4.69, 9.17) is 5.73 Å². The number of nitrogens with zero attached hydrogens (tertiary/aromatic N) is 1. The molecular formula is C7H9F2N3. The molecule has 3 N–H and O–H groups in total. The van der Waals surface area contributed by atoms with Gasteiger partial charge in [-0.05, 0) is 6.42 Å². The highest BCUT2D eigenvalue weighted by Crippen LogP contribution is 2.31. The van der Waals surface area contributed by atoms with Gasteiger partial charge in [0.25, 0.3) is 5.92 Å². The average Bonchev–Trinajstić information content (AvgIpc) is 2.26. The molecule has 1 aromatic rings. The molecule has 1 aliphatic rings. The number of alkyl halides is 2. The van der Waals surface area contributed by atoms with Crippen molar-refractivity contribution in [2.75, 3.05) is 5.73 Å². The van der Waals surface area contributed by atoms with E-state index >= 15 is 0 Å². The maximum atomic E-state index is 12.8. The van der Waals surface area contributed by atoms with E-state index in [0.717, 1.165) is 0 Å². The fourth-order valence-electron chi connectivity index (χ4n) is 1.47. The van der Waals surface area contributed by atoms with E-state index in [9.17, 15) is 8.78 Å². The Balaban J connectivity index is 2.34. The summed E-state index contributed by atoms with van der Waals surface area (Å²) in [6, 6.07) is 0. The number of rotatable bonds is 0. The van der Waals surface area contributed by atoms with Crippen LogP contribution < -0.4 is 5.73 Å². The molecule has 0 atom stereocenters. The number of H-pyrrole nitrogens is 1. The largest absolute Gasteiger partial charge is 0.369 e. The standard InChI is InChI=1S/C7H9F2N3/c8-7(9)2-1-4-5(3-7)12-6(10)11-4/h1-3H2,(H3,10,11,12). The van der Waals surface area contributed by atoms with Crippen LogP contribution in [-0.2, 0) is 12.8 Å². The van der Waals surface area contributed by atoms with Gasteiger partial charge in [-0.25, -0.2) is 13.8 Å². The van der Waals surface area contributed by atoms with Gasteiger partial charge in [-0.15, -0.1) is 0 Å². The van der Waals surface area contributed by atoms with Gasteiger partial charge >= 0.3 is 0 Å². The lowest BCUT2D eigenvalue weighted by Gasteiger charge is -2.20. The molecule has 0 spiro atoms. The zero-order valence-corrected chi connectivity index (χ0v) is 6.40. The fraction of sp³-hybridized carbons (Fsp3) is 0.571. The third kappa shape index (κ3) is 1.15. The maximum absolute atomic E-state index is 12.8. The Morgan fingerprint density at radius 3 is 3.00 bits per heavy atom. The van der Waals surface area contributed by atoms with Crippen LogP contribution in [0.25, 0.3) is 0 Å². The second kappa shape index (κ2) is 2.18. The van der Waals surface area contributed by atoms with Crippen LogP contribution in [-0.4, -0.2) is 15.9 Å². The second-order valence-electron chi connectivity index (χ2n) is 3.08. The van der Waals surface area contributed by atoms with Gasteiger partial charge in [0.1, 0.15) is 0 Å². The van der Waals surface area contributed by atoms with E-state index in [1.807, 2.05) is 0 Å². The number of nitrogen functional groups attached to an aromatic ring is 1. The molecule has 1 aliphatic carbocycles. The summed E-state index contributed by atoms with van der Waals surface area (Å²) in [6.45, 7) is 0. The van der Waals surface area contributed by atoms with Crippen molar-refractivity contribution >= 4 is 5.95 Å². The summed E-state index contributed by atoms with van der Waals surface area (Å²) >= 11 is 0. The number of aromatic nitrogens is 2. The molecular weight excluding hydrogens is 164 g/mol. The Bertz CT molecular complexity index is 306. The number of halogens is 2. The Morgan fingerprint density at radius 1 is 1.50 bits per heavy atom. The smallest absolute Gasteiger partial charge is 0.254 e. The highest BCUT2D eigenvalue weighted by Gasteiger charge is 2.35. The molecule has 1 heterocycles. The van der Waals surface area contributed by atoms with Gasteiger partial charge in [0.15, 0.2) is 5.95 Å². The predicted molar refractivity (Wildman–Crippen MR) is 40.0 cm³/mol. The summed E-state index contributed by atoms with van der Waals surface area (Å²) in [6.07, 6.45) is -0.0626. The Kier molecular flexibility index (Phi) is 1.37. The van der Waals surface area contributed by atoms with Gasteiger partial charge in [0, 0.05) is 12.1 Å². The first-order valence-electron chi connectivity index (χ1n) is 3.78. The lowest BCUT2D eigenvalue weighted by atomic mass is 9.98. The van der Waals surface area contributed by atoms with Crippen molar-refractivity contribution in [2.24, 2.45) is 0 Å². The van der Waals surface area contributed by atoms with Gasteiger partial charge in [0.2, 0.25) is 0 Å². The van der Waals surface area contributed by atoms with Crippen molar-refractivity contribution in [3.05, 3.63) is 11.4 Å². The Labute approximate surface area is 68.0 Å². The monoisotopic (exact) mass is 173 g/mol. The molecule has 0 aromatic carbocycles. The highest BCUT2D eigenvalue weighted by molar-refractivity contribution is 5.28. The van der Waals surface area contributed by atoms with Gasteiger partial charge in [-0.1, -0.05) is 0 Å². The summed E-state index contributed by atoms with van der Waals surface area (Å²) in [4.78, 5) is 6.54. The van der Waals surface area contributed by atoms with E-state index < -0.39 is 5.92 Å². The second-order valence-corrected chi connectivity index (χ2v) is 3.08. The van der Waals surface area contributed by atoms with Gasteiger partial charge in [0.05, 0.1) is 12.1 Å². The molecule has 1 aromatic heterocycles. The third-order valence-electron chi connectivity index (χ3n) is 2.05. The number of nitrogens with one attached hydrogen (secondary N) is 1. The first-order valence-corrected chi connectivity index (χ1v) is 3.78. The van der Waals surface area contributed by atoms with Gasteiger partial charge in [-0.2, -0.15) is 0 Å². The number of hydrogen-bond donors (Lipinski definition) is 2. The molecule has 66 valence electrons. The van der Waals surface area contributed by atoms with Crippen molar-refractivity contribution in [1.82, 2.24) is 9.97 Å². The zero-order valence-electron chi connectivity index (χ0n) is 6.40. The van der Waals surface area contributed by atoms with Crippen LogP contribution in [0.2, 0.25) is 0 Å². The van der Waals surface area contributed by atoms with E-state index in [1.54, 1.807) is 0 Å². The van der Waals surface area contributed by atoms with Crippen LogP contribution in [0.3, 0.4) is 0 Å². The molecule has 2 rings (SSSR count). The number of imidazole rings is 1. The molecule has 5 heteroatoms. The molecule has 0 bridgehead atoms. The number of nitrogens with two attached hydrogens (primary N) is 1. The molecule has 0 amide bonds. The topological polar surface area (TPSA) is 54.7 Å². The first kappa shape index (κ1) is 7.52. The molecule has 0 aliphatic heterocycles. The van der Waals surface area contributed by atoms with E-state index in [1.165, 1.54) is 0 Å². The van der Waals surface area contributed by atoms with Crippen molar-refractivity contribution < 1.29 is 8.78 Å². The van der Waals surface area contributed by atoms with Gasteiger partial charge < -0.3 is 10.7 Å². The van der Waals surface area contributed by atoms with Gasteiger partial charge in [-0.3, -0.25) is 0 Å². The molecule has 0 radical (unpaired) electrons. The molecule has 0 saturated heterocycles. The van der Waals surface area contributed by atoms with Crippen LogP contribution >= 0.6 is 0 Å². The van der Waals surface area contributed by atoms with Crippen LogP contribution in [0.1, 0.15) is 17.8 Å². The number of anilines is 1. The predicted octanol–water partition coefficient (Wildman–Crippen LogP) is 1.12. The SMILES string of the molecule is Nc1nc2c([nH]1)CC(F)(F)CC2. The minimum absolute atomic E-state index is 0.121. The van der Waals surface area contributed by atoms with Crippen molar-refractivity contribution in [1.29, 1.82) is 0 Å². The summed E-state index contributed by atoms with van der Waals surface area (Å²) in [5.41, 5.74) is 6.52. The minimum atomic E-state index is -2.59. The first-order chi connectivity index (χ1) is 5.57. The van der Waals surface area contributed by atoms with Crippen LogP contribution in [0.5, 0.6) is 0 Å². The molecule has 0 unspecified atom stereocenters. The molecule has 0 fully saturated rings. The minimum Gasteiger partial charge on any atom is -0.369 e. The fourth-order valence-corrected chi connectivity index (χ4v) is 1.47. The lowest BCUT2D eigenvalue weighted by Crippen LogP contribution is -2.25. The Hall–Kier alpha value is -1.13. The quantitative estimate of drug-likeness (QED) is 0.617. The van der Waals surface area contributed by atoms with Crippen molar-refractivity contribution in [2.45, 2.75) is 25.2 Å². The number of fused-ring (bicyclic) bond motifs is 1. The van der Waals surface area contributed by atoms with E-state index in [0.29, 0.717) is 17.8 Å². The van der Waals surface area contributed by atoms with Crippen LogP contribution in [0.4, 0.5) is 14.7 Å². The number of aromatic amines is 1. The van der Waals surface area contributed by atoms with Crippen LogP contribution in [0, 0.1) is 0 Å². The third-order valence-corrected chi connectivity index (χ3v) is 2.05. The maximum Gasteiger partial charge on any atom is 0.254 e. The normalized spacial score (nSPS) is 20.5. The molecule has 12 heavy (non-hydrogen) atoms. The molecule has 0 saturated carbocycles. The van der Waals surface area contributed by atoms with Crippen molar-refractivity contribution in [3.63, 3.8) is 0 Å². The van der Waals surface area contributed by atoms with Crippen LogP contribution in [0.15, 0.2) is 0 Å². The van der Waals surface area contributed by atoms with Crippen molar-refractivity contribution in [3.8, 4) is 0 Å². The van der Waals surface area contributed by atoms with E-state index in [2.05, 4.69) is 9.97 Å². The average molecular weight is 173 g/mol. The summed E-state index contributed by atoms with van der Waals surface area (Å²) in [7, 11) is 0. The summed E-state index contributed by atoms with van der Waals surface area (Å²) in [5, 5.41) is 0. The number of hydrogen-bond acceptors (Lipinski definition) is 2. The molecule has 3 nitrogen and oxygen atoms in total.